The maximum atomic E-state index is 2.48. The van der Waals surface area contributed by atoms with E-state index >= 15 is 0 Å². The first-order chi connectivity index (χ1) is 40.9. The van der Waals surface area contributed by atoms with Crippen LogP contribution in [-0.4, -0.2) is 26.5 Å². The Morgan fingerprint density at radius 1 is 0.202 bits per heavy atom. The van der Waals surface area contributed by atoms with Crippen LogP contribution in [0.3, 0.4) is 0 Å². The summed E-state index contributed by atoms with van der Waals surface area (Å²) in [4.78, 5) is 9.62. The van der Waals surface area contributed by atoms with Gasteiger partial charge in [0.25, 0.3) is 0 Å². The predicted octanol–water partition coefficient (Wildman–Crippen LogP) is 21.9. The van der Waals surface area contributed by atoms with Gasteiger partial charge in [-0.1, -0.05) is 72.8 Å². The zero-order chi connectivity index (χ0) is 57.1. The summed E-state index contributed by atoms with van der Waals surface area (Å²) in [7, 11) is 0. The summed E-state index contributed by atoms with van der Waals surface area (Å²) in [6.45, 7) is 0. The molecular weight excluding hydrogens is 1140 g/mol. The molecule has 0 spiro atoms. The summed E-state index contributed by atoms with van der Waals surface area (Å²) in [5.41, 5.74) is 13.3. The summed E-state index contributed by atoms with van der Waals surface area (Å²) >= 11 is -4.17. The molecule has 84 heavy (non-hydrogen) atoms. The molecule has 0 heterocycles. The minimum absolute atomic E-state index is 1.08. The van der Waals surface area contributed by atoms with Crippen LogP contribution >= 0.6 is 0 Å². The summed E-state index contributed by atoms with van der Waals surface area (Å²) in [6.07, 6.45) is 0. The van der Waals surface area contributed by atoms with Crippen molar-refractivity contribution in [3.63, 3.8) is 0 Å². The van der Waals surface area contributed by atoms with Gasteiger partial charge >= 0.3 is 359 Å². The van der Waals surface area contributed by atoms with E-state index in [0.717, 1.165) is 68.2 Å². The van der Waals surface area contributed by atoms with E-state index in [1.807, 2.05) is 0 Å². The number of anilines is 12. The molecule has 0 N–H and O–H groups in total. The average molecular weight is 1200 g/mol. The van der Waals surface area contributed by atoms with Gasteiger partial charge in [-0.2, -0.15) is 0 Å². The van der Waals surface area contributed by atoms with Crippen LogP contribution in [0.4, 0.5) is 68.2 Å². The molecule has 0 saturated carbocycles. The molecule has 0 bridgehead atoms. The van der Waals surface area contributed by atoms with Crippen molar-refractivity contribution in [1.82, 2.24) is 0 Å². The zero-order valence-electron chi connectivity index (χ0n) is 48.5. The van der Waals surface area contributed by atoms with Gasteiger partial charge in [0.15, 0.2) is 0 Å². The molecule has 406 valence electrons. The second-order valence-corrected chi connectivity index (χ2v) is 45.6. The summed E-state index contributed by atoms with van der Waals surface area (Å²) in [5, 5.41) is 12.3. The van der Waals surface area contributed by atoms with Gasteiger partial charge in [0.05, 0.1) is 0 Å². The molecule has 14 aromatic carbocycles. The van der Waals surface area contributed by atoms with E-state index in [9.17, 15) is 0 Å². The van der Waals surface area contributed by atoms with E-state index < -0.39 is 26.5 Å². The fraction of sp³-hybridized carbons (Fsp3) is 0.0769. The Hall–Kier alpha value is -9.07. The number of fused-ring (bicyclic) bond motifs is 2. The second kappa shape index (κ2) is 21.6. The number of hydrogen-bond acceptors (Lipinski definition) is 4. The van der Waals surface area contributed by atoms with Crippen molar-refractivity contribution in [1.29, 1.82) is 0 Å². The van der Waals surface area contributed by atoms with Crippen LogP contribution in [0.5, 0.6) is 0 Å². The van der Waals surface area contributed by atoms with Crippen LogP contribution in [0, 0.1) is 0 Å². The third-order valence-electron chi connectivity index (χ3n) is 16.8. The Morgan fingerprint density at radius 2 is 0.452 bits per heavy atom. The van der Waals surface area contributed by atoms with Gasteiger partial charge < -0.3 is 0 Å². The Morgan fingerprint density at radius 3 is 0.774 bits per heavy atom. The van der Waals surface area contributed by atoms with Crippen molar-refractivity contribution < 1.29 is 0 Å². The third kappa shape index (κ3) is 9.93. The van der Waals surface area contributed by atoms with E-state index in [1.165, 1.54) is 62.7 Å². The Bertz CT molecular complexity index is 4290. The van der Waals surface area contributed by atoms with Crippen molar-refractivity contribution in [2.75, 3.05) is 19.6 Å². The van der Waals surface area contributed by atoms with Crippen molar-refractivity contribution in [2.45, 2.75) is 34.5 Å². The molecule has 0 aromatic heterocycles. The summed E-state index contributed by atoms with van der Waals surface area (Å²) in [6, 6.07) is 108. The van der Waals surface area contributed by atoms with Crippen LogP contribution < -0.4 is 28.4 Å². The van der Waals surface area contributed by atoms with E-state index in [-0.39, 0.29) is 0 Å². The molecule has 0 atom stereocenters. The maximum absolute atomic E-state index is 2.48. The molecule has 14 rings (SSSR count). The standard InChI is InChI=1S/C78H66Ge2N4/c1-79(2,3)61-35-27-59-53-71(37-29-57(59)51-61)83(69-43-39-67(40-44-69)81(63-19-11-7-12-20-63)64-21-13-8-14-22-64)75-49-33-55-32-48-74-76(50-34-56-31-47-73(75)77(55)78(56)74)84(72-38-30-58-52-62(80(4,5)6)36-28-60(58)54-72)70-45-41-68(42-46-70)82(65-23-15-9-16-24-65)66-25-17-10-18-26-66/h7-54H,1-6H3. The first-order valence-corrected chi connectivity index (χ1v) is 44.0. The van der Waals surface area contributed by atoms with Crippen LogP contribution in [0.15, 0.2) is 291 Å². The topological polar surface area (TPSA) is 13.0 Å². The fourth-order valence-electron chi connectivity index (χ4n) is 12.4. The molecule has 0 aliphatic carbocycles. The van der Waals surface area contributed by atoms with Crippen LogP contribution in [0.25, 0.3) is 53.9 Å². The van der Waals surface area contributed by atoms with Gasteiger partial charge in [0, 0.05) is 22.7 Å². The molecule has 0 radical (unpaired) electrons. The zero-order valence-corrected chi connectivity index (χ0v) is 52.7. The molecule has 0 fully saturated rings. The molecular formula is C78H66Ge2N4. The van der Waals surface area contributed by atoms with Crippen molar-refractivity contribution >= 4 is 157 Å². The number of para-hydroxylation sites is 4. The Balaban J connectivity index is 0.947. The summed E-state index contributed by atoms with van der Waals surface area (Å²) < 4.78 is 3.03. The third-order valence-corrected chi connectivity index (χ3v) is 25.4. The van der Waals surface area contributed by atoms with E-state index in [0.29, 0.717) is 0 Å². The van der Waals surface area contributed by atoms with Crippen LogP contribution in [-0.2, 0) is 0 Å². The molecule has 0 unspecified atom stereocenters. The van der Waals surface area contributed by atoms with E-state index in [4.69, 9.17) is 0 Å². The molecule has 14 aromatic rings. The Kier molecular flexibility index (Phi) is 13.6. The second-order valence-electron chi connectivity index (χ2n) is 24.3. The number of rotatable bonds is 14. The first kappa shape index (κ1) is 53.0. The normalized spacial score (nSPS) is 11.9. The number of hydrogen-bond donors (Lipinski definition) is 0. The van der Waals surface area contributed by atoms with Gasteiger partial charge in [0.2, 0.25) is 0 Å². The predicted molar refractivity (Wildman–Crippen MR) is 370 cm³/mol. The SMILES string of the molecule is [CH3][Ge]([CH3])([CH3])[c]1ccc2cc(N(c3ccc(N(c4ccccc4)c4ccccc4)cc3)c3ccc4ccc5c(N(c6ccc(N(c7ccccc7)c7ccccc7)cc6)c6ccc7c[c]([Ge]([CH3])([CH3])[CH3])ccc7c6)ccc6ccc3c4c65)ccc2c1. The van der Waals surface area contributed by atoms with Gasteiger partial charge in [-0.25, -0.2) is 0 Å². The number of nitrogens with zero attached hydrogens (tertiary/aromatic N) is 4. The first-order valence-electron chi connectivity index (χ1n) is 29.3. The average Bonchev–Trinajstić information content (AvgIpc) is 2.48. The van der Waals surface area contributed by atoms with Crippen LogP contribution in [0.2, 0.25) is 34.5 Å². The minimum atomic E-state index is -2.09. The molecule has 0 saturated heterocycles. The van der Waals surface area contributed by atoms with Crippen molar-refractivity contribution in [3.8, 4) is 0 Å². The van der Waals surface area contributed by atoms with Crippen LogP contribution in [0.1, 0.15) is 0 Å². The van der Waals surface area contributed by atoms with Crippen molar-refractivity contribution in [3.05, 3.63) is 291 Å². The molecule has 6 heteroatoms. The molecule has 0 amide bonds. The number of benzene rings is 14. The van der Waals surface area contributed by atoms with Gasteiger partial charge in [-0.3, -0.25) is 0 Å². The van der Waals surface area contributed by atoms with Gasteiger partial charge in [-0.15, -0.1) is 0 Å². The molecule has 4 nitrogen and oxygen atoms in total. The van der Waals surface area contributed by atoms with E-state index in [2.05, 4.69) is 345 Å². The fourth-order valence-corrected chi connectivity index (χ4v) is 17.3. The monoisotopic (exact) mass is 1210 g/mol. The van der Waals surface area contributed by atoms with Gasteiger partial charge in [-0.05, 0) is 48.5 Å². The Labute approximate surface area is 499 Å². The molecule has 0 aliphatic rings. The van der Waals surface area contributed by atoms with Gasteiger partial charge in [0.1, 0.15) is 0 Å². The summed E-state index contributed by atoms with van der Waals surface area (Å²) in [5.74, 6) is 14.9. The van der Waals surface area contributed by atoms with E-state index in [1.54, 1.807) is 0 Å². The van der Waals surface area contributed by atoms with Crippen molar-refractivity contribution in [2.24, 2.45) is 0 Å². The molecule has 0 aliphatic heterocycles. The quantitative estimate of drug-likeness (QED) is 0.0795.